The Bertz CT molecular complexity index is 314. The van der Waals surface area contributed by atoms with Crippen molar-refractivity contribution in [1.29, 1.82) is 0 Å². The van der Waals surface area contributed by atoms with Gasteiger partial charge in [0.25, 0.3) is 0 Å². The van der Waals surface area contributed by atoms with E-state index in [1.165, 1.54) is 20.4 Å². The van der Waals surface area contributed by atoms with Crippen molar-refractivity contribution in [1.82, 2.24) is 18.5 Å². The van der Waals surface area contributed by atoms with E-state index in [-0.39, 0.29) is 0 Å². The van der Waals surface area contributed by atoms with Crippen molar-refractivity contribution in [2.45, 2.75) is 0 Å². The van der Waals surface area contributed by atoms with Crippen molar-refractivity contribution >= 4 is 10.2 Å². The van der Waals surface area contributed by atoms with Crippen LogP contribution in [0, 0.1) is 0 Å². The van der Waals surface area contributed by atoms with E-state index in [9.17, 15) is 8.42 Å². The van der Waals surface area contributed by atoms with Gasteiger partial charge in [-0.3, -0.25) is 0 Å². The highest BCUT2D eigenvalue weighted by atomic mass is 32.2. The van der Waals surface area contributed by atoms with Gasteiger partial charge in [0.1, 0.15) is 12.7 Å². The predicted octanol–water partition coefficient (Wildman–Crippen LogP) is -1.07. The lowest BCUT2D eigenvalue weighted by Gasteiger charge is -2.08. The van der Waals surface area contributed by atoms with Crippen LogP contribution in [-0.4, -0.2) is 41.0 Å². The minimum absolute atomic E-state index is 0.799. The molecule has 0 fully saturated rings. The second kappa shape index (κ2) is 2.59. The van der Waals surface area contributed by atoms with E-state index in [2.05, 4.69) is 10.1 Å². The quantitative estimate of drug-likeness (QED) is 0.575. The number of rotatable bonds is 2. The van der Waals surface area contributed by atoms with Gasteiger partial charge in [0.2, 0.25) is 0 Å². The van der Waals surface area contributed by atoms with Crippen LogP contribution in [0.1, 0.15) is 0 Å². The average Bonchev–Trinajstić information content (AvgIpc) is 2.37. The lowest BCUT2D eigenvalue weighted by Crippen LogP contribution is -2.29. The molecular weight excluding hydrogens is 168 g/mol. The van der Waals surface area contributed by atoms with Crippen molar-refractivity contribution in [3.63, 3.8) is 0 Å². The van der Waals surface area contributed by atoms with Crippen LogP contribution in [0.3, 0.4) is 0 Å². The normalized spacial score (nSPS) is 12.3. The SMILES string of the molecule is CN(C)S(=O)(=O)n1cncn1. The molecule has 62 valence electrons. The van der Waals surface area contributed by atoms with Crippen LogP contribution in [0.15, 0.2) is 12.7 Å². The molecule has 0 spiro atoms. The van der Waals surface area contributed by atoms with Crippen molar-refractivity contribution in [3.8, 4) is 0 Å². The Balaban J connectivity index is 3.12. The summed E-state index contributed by atoms with van der Waals surface area (Å²) >= 11 is 0. The molecule has 1 aromatic rings. The Morgan fingerprint density at radius 3 is 2.45 bits per heavy atom. The van der Waals surface area contributed by atoms with Crippen LogP contribution < -0.4 is 0 Å². The zero-order valence-corrected chi connectivity index (χ0v) is 6.98. The maximum atomic E-state index is 11.2. The molecule has 0 aliphatic carbocycles. The number of aromatic nitrogens is 3. The second-order valence-corrected chi connectivity index (χ2v) is 4.06. The zero-order chi connectivity index (χ0) is 8.48. The third-order valence-electron chi connectivity index (χ3n) is 1.10. The highest BCUT2D eigenvalue weighted by Crippen LogP contribution is 1.95. The summed E-state index contributed by atoms with van der Waals surface area (Å²) in [5, 5.41) is 3.49. The third kappa shape index (κ3) is 1.38. The summed E-state index contributed by atoms with van der Waals surface area (Å²) in [4.78, 5) is 3.52. The molecule has 0 saturated heterocycles. The zero-order valence-electron chi connectivity index (χ0n) is 6.17. The smallest absolute Gasteiger partial charge is 0.222 e. The Morgan fingerprint density at radius 1 is 1.45 bits per heavy atom. The summed E-state index contributed by atoms with van der Waals surface area (Å²) in [6, 6.07) is 0. The molecule has 0 aromatic carbocycles. The van der Waals surface area contributed by atoms with E-state index in [0.717, 1.165) is 14.7 Å². The minimum atomic E-state index is -3.46. The molecule has 1 rings (SSSR count). The molecule has 1 aromatic heterocycles. The van der Waals surface area contributed by atoms with Crippen LogP contribution in [0.25, 0.3) is 0 Å². The fraction of sp³-hybridized carbons (Fsp3) is 0.500. The standard InChI is InChI=1S/C4H8N4O2S/c1-7(2)11(9,10)8-4-5-3-6-8/h3-4H,1-2H3. The van der Waals surface area contributed by atoms with Crippen LogP contribution >= 0.6 is 0 Å². The number of hydrogen-bond acceptors (Lipinski definition) is 4. The van der Waals surface area contributed by atoms with Crippen molar-refractivity contribution in [2.24, 2.45) is 0 Å². The van der Waals surface area contributed by atoms with Gasteiger partial charge in [0.15, 0.2) is 0 Å². The van der Waals surface area contributed by atoms with Gasteiger partial charge in [-0.05, 0) is 0 Å². The van der Waals surface area contributed by atoms with Gasteiger partial charge in [-0.1, -0.05) is 0 Å². The monoisotopic (exact) mass is 176 g/mol. The minimum Gasteiger partial charge on any atom is -0.222 e. The predicted molar refractivity (Wildman–Crippen MR) is 38.0 cm³/mol. The highest BCUT2D eigenvalue weighted by molar-refractivity contribution is 7.87. The van der Waals surface area contributed by atoms with E-state index in [1.54, 1.807) is 0 Å². The summed E-state index contributed by atoms with van der Waals surface area (Å²) < 4.78 is 24.2. The molecule has 0 saturated carbocycles. The van der Waals surface area contributed by atoms with E-state index in [0.29, 0.717) is 0 Å². The Hall–Kier alpha value is -0.950. The average molecular weight is 176 g/mol. The summed E-state index contributed by atoms with van der Waals surface area (Å²) in [5.41, 5.74) is 0. The van der Waals surface area contributed by atoms with E-state index in [1.807, 2.05) is 0 Å². The number of hydrogen-bond donors (Lipinski definition) is 0. The first-order valence-corrected chi connectivity index (χ1v) is 4.22. The summed E-state index contributed by atoms with van der Waals surface area (Å²) in [5.74, 6) is 0. The molecule has 11 heavy (non-hydrogen) atoms. The maximum absolute atomic E-state index is 11.2. The lowest BCUT2D eigenvalue weighted by molar-refractivity contribution is 0.503. The van der Waals surface area contributed by atoms with Gasteiger partial charge in [0.05, 0.1) is 0 Å². The fourth-order valence-corrected chi connectivity index (χ4v) is 1.15. The fourth-order valence-electron chi connectivity index (χ4n) is 0.484. The Labute approximate surface area is 64.6 Å². The van der Waals surface area contributed by atoms with Gasteiger partial charge < -0.3 is 0 Å². The van der Waals surface area contributed by atoms with Crippen LogP contribution in [0.5, 0.6) is 0 Å². The summed E-state index contributed by atoms with van der Waals surface area (Å²) in [6.07, 6.45) is 2.30. The molecule has 0 N–H and O–H groups in total. The molecule has 0 aliphatic rings. The van der Waals surface area contributed by atoms with Crippen LogP contribution in [0.2, 0.25) is 0 Å². The molecule has 7 heteroatoms. The Morgan fingerprint density at radius 2 is 2.09 bits per heavy atom. The molecule has 0 atom stereocenters. The molecule has 0 bridgehead atoms. The van der Waals surface area contributed by atoms with Crippen LogP contribution in [-0.2, 0) is 10.2 Å². The van der Waals surface area contributed by atoms with E-state index < -0.39 is 10.2 Å². The maximum Gasteiger partial charge on any atom is 0.323 e. The van der Waals surface area contributed by atoms with Gasteiger partial charge in [-0.15, -0.1) is 9.19 Å². The molecule has 0 radical (unpaired) electrons. The topological polar surface area (TPSA) is 68.1 Å². The molecule has 0 amide bonds. The lowest BCUT2D eigenvalue weighted by atomic mass is 11.3. The first kappa shape index (κ1) is 8.15. The molecule has 1 heterocycles. The number of nitrogens with zero attached hydrogens (tertiary/aromatic N) is 4. The van der Waals surface area contributed by atoms with Gasteiger partial charge in [0, 0.05) is 14.1 Å². The molecule has 6 nitrogen and oxygen atoms in total. The first-order valence-electron chi connectivity index (χ1n) is 2.83. The van der Waals surface area contributed by atoms with Crippen molar-refractivity contribution < 1.29 is 8.42 Å². The molecule has 0 aliphatic heterocycles. The van der Waals surface area contributed by atoms with E-state index >= 15 is 0 Å². The van der Waals surface area contributed by atoms with E-state index in [4.69, 9.17) is 0 Å². The molecular formula is C4H8N4O2S. The third-order valence-corrected chi connectivity index (χ3v) is 2.68. The van der Waals surface area contributed by atoms with Crippen molar-refractivity contribution in [2.75, 3.05) is 14.1 Å². The largest absolute Gasteiger partial charge is 0.323 e. The first-order chi connectivity index (χ1) is 5.05. The second-order valence-electron chi connectivity index (χ2n) is 2.06. The molecule has 0 unspecified atom stereocenters. The van der Waals surface area contributed by atoms with Crippen LogP contribution in [0.4, 0.5) is 0 Å². The summed E-state index contributed by atoms with van der Waals surface area (Å²) in [7, 11) is -0.602. The van der Waals surface area contributed by atoms with Gasteiger partial charge in [-0.2, -0.15) is 12.7 Å². The highest BCUT2D eigenvalue weighted by Gasteiger charge is 2.15. The van der Waals surface area contributed by atoms with Gasteiger partial charge >= 0.3 is 10.2 Å². The van der Waals surface area contributed by atoms with Gasteiger partial charge in [-0.25, -0.2) is 4.98 Å². The summed E-state index contributed by atoms with van der Waals surface area (Å²) in [6.45, 7) is 0. The van der Waals surface area contributed by atoms with Crippen molar-refractivity contribution in [3.05, 3.63) is 12.7 Å². The Kier molecular flexibility index (Phi) is 1.92.